The van der Waals surface area contributed by atoms with Crippen molar-refractivity contribution in [3.8, 4) is 0 Å². The molecule has 0 aliphatic carbocycles. The summed E-state index contributed by atoms with van der Waals surface area (Å²) in [5.41, 5.74) is 4.16. The zero-order chi connectivity index (χ0) is 15.3. The van der Waals surface area contributed by atoms with Crippen molar-refractivity contribution in [2.75, 3.05) is 19.6 Å². The Labute approximate surface area is 117 Å². The van der Waals surface area contributed by atoms with Crippen molar-refractivity contribution < 1.29 is 19.5 Å². The number of amides is 4. The number of nitrogens with two attached hydrogens (primary N) is 1. The number of aliphatic carboxylic acids is 1. The summed E-state index contributed by atoms with van der Waals surface area (Å²) in [5, 5.41) is 14.2. The van der Waals surface area contributed by atoms with Crippen molar-refractivity contribution in [3.05, 3.63) is 0 Å². The van der Waals surface area contributed by atoms with Crippen molar-refractivity contribution in [3.63, 3.8) is 0 Å². The lowest BCUT2D eigenvalue weighted by atomic mass is 9.90. The monoisotopic (exact) mass is 286 g/mol. The van der Waals surface area contributed by atoms with Crippen LogP contribution in [0.25, 0.3) is 0 Å². The fraction of sp³-hybridized carbons (Fsp3) is 0.750. The van der Waals surface area contributed by atoms with Crippen LogP contribution in [-0.4, -0.2) is 53.7 Å². The molecule has 4 amide bonds. The highest BCUT2D eigenvalue weighted by atomic mass is 16.4. The minimum Gasteiger partial charge on any atom is -0.481 e. The number of nitrogens with one attached hydrogen (secondary N) is 2. The van der Waals surface area contributed by atoms with E-state index in [1.54, 1.807) is 18.7 Å². The van der Waals surface area contributed by atoms with E-state index in [2.05, 4.69) is 10.6 Å². The van der Waals surface area contributed by atoms with Crippen molar-refractivity contribution in [2.45, 2.75) is 32.7 Å². The molecule has 0 radical (unpaired) electrons. The average Bonchev–Trinajstić information content (AvgIpc) is 2.76. The van der Waals surface area contributed by atoms with Gasteiger partial charge in [-0.05, 0) is 26.7 Å². The van der Waals surface area contributed by atoms with Crippen molar-refractivity contribution >= 4 is 18.0 Å². The van der Waals surface area contributed by atoms with E-state index in [0.29, 0.717) is 32.5 Å². The Hall–Kier alpha value is -1.99. The molecule has 114 valence electrons. The summed E-state index contributed by atoms with van der Waals surface area (Å²) < 4.78 is 0. The molecule has 1 aliphatic rings. The van der Waals surface area contributed by atoms with Crippen LogP contribution in [0.4, 0.5) is 9.59 Å². The van der Waals surface area contributed by atoms with Gasteiger partial charge in [-0.1, -0.05) is 0 Å². The van der Waals surface area contributed by atoms with E-state index in [-0.39, 0.29) is 12.1 Å². The minimum absolute atomic E-state index is 0.117. The number of nitrogens with zero attached hydrogens (tertiary/aromatic N) is 1. The van der Waals surface area contributed by atoms with Crippen molar-refractivity contribution in [1.82, 2.24) is 15.5 Å². The Balaban J connectivity index is 2.31. The van der Waals surface area contributed by atoms with Crippen LogP contribution in [0.5, 0.6) is 0 Å². The Bertz CT molecular complexity index is 397. The summed E-state index contributed by atoms with van der Waals surface area (Å²) in [6, 6.07) is -0.964. The molecule has 8 heteroatoms. The van der Waals surface area contributed by atoms with Gasteiger partial charge in [0.15, 0.2) is 0 Å². The van der Waals surface area contributed by atoms with Gasteiger partial charge in [0, 0.05) is 25.7 Å². The molecule has 5 N–H and O–H groups in total. The fourth-order valence-electron chi connectivity index (χ4n) is 1.96. The quantitative estimate of drug-likeness (QED) is 0.565. The predicted octanol–water partition coefficient (Wildman–Crippen LogP) is -0.0605. The number of urea groups is 2. The summed E-state index contributed by atoms with van der Waals surface area (Å²) >= 11 is 0. The van der Waals surface area contributed by atoms with Gasteiger partial charge in [0.1, 0.15) is 0 Å². The highest BCUT2D eigenvalue weighted by Gasteiger charge is 2.29. The zero-order valence-corrected chi connectivity index (χ0v) is 11.8. The van der Waals surface area contributed by atoms with Gasteiger partial charge >= 0.3 is 18.0 Å². The molecule has 1 atom stereocenters. The molecule has 1 unspecified atom stereocenters. The lowest BCUT2D eigenvalue weighted by Gasteiger charge is -2.21. The first kappa shape index (κ1) is 16.1. The van der Waals surface area contributed by atoms with E-state index >= 15 is 0 Å². The van der Waals surface area contributed by atoms with E-state index in [1.165, 1.54) is 0 Å². The van der Waals surface area contributed by atoms with Crippen LogP contribution in [0.2, 0.25) is 0 Å². The SMILES string of the molecule is CC(C)(CCNC(=O)N1CCC(NC(N)=O)C1)C(=O)O. The number of likely N-dealkylation sites (tertiary alicyclic amines) is 1. The zero-order valence-electron chi connectivity index (χ0n) is 11.8. The summed E-state index contributed by atoms with van der Waals surface area (Å²) in [6.07, 6.45) is 1.02. The maximum atomic E-state index is 11.9. The fourth-order valence-corrected chi connectivity index (χ4v) is 1.96. The molecule has 1 heterocycles. The van der Waals surface area contributed by atoms with E-state index in [1.807, 2.05) is 0 Å². The first-order valence-corrected chi connectivity index (χ1v) is 6.54. The third-order valence-corrected chi connectivity index (χ3v) is 3.43. The third kappa shape index (κ3) is 4.60. The number of primary amides is 1. The second-order valence-corrected chi connectivity index (χ2v) is 5.61. The van der Waals surface area contributed by atoms with Crippen LogP contribution in [0.3, 0.4) is 0 Å². The minimum atomic E-state index is -0.890. The van der Waals surface area contributed by atoms with Gasteiger partial charge in [0.25, 0.3) is 0 Å². The van der Waals surface area contributed by atoms with Gasteiger partial charge in [-0.3, -0.25) is 4.79 Å². The molecule has 0 aromatic carbocycles. The largest absolute Gasteiger partial charge is 0.481 e. The van der Waals surface area contributed by atoms with E-state index in [4.69, 9.17) is 10.8 Å². The molecule has 1 rings (SSSR count). The van der Waals surface area contributed by atoms with Crippen LogP contribution in [-0.2, 0) is 4.79 Å². The Morgan fingerprint density at radius 3 is 2.60 bits per heavy atom. The molecule has 0 saturated carbocycles. The van der Waals surface area contributed by atoms with Crippen LogP contribution in [0.15, 0.2) is 0 Å². The van der Waals surface area contributed by atoms with Crippen molar-refractivity contribution in [2.24, 2.45) is 11.1 Å². The molecule has 1 aliphatic heterocycles. The number of carbonyl (C=O) groups excluding carboxylic acids is 2. The number of carboxylic acids is 1. The van der Waals surface area contributed by atoms with Crippen LogP contribution in [0, 0.1) is 5.41 Å². The van der Waals surface area contributed by atoms with Crippen molar-refractivity contribution in [1.29, 1.82) is 0 Å². The topological polar surface area (TPSA) is 125 Å². The third-order valence-electron chi connectivity index (χ3n) is 3.43. The van der Waals surface area contributed by atoms with Crippen LogP contribution >= 0.6 is 0 Å². The molecule has 0 aromatic heterocycles. The number of carbonyl (C=O) groups is 3. The first-order valence-electron chi connectivity index (χ1n) is 6.54. The number of hydrogen-bond donors (Lipinski definition) is 4. The molecular weight excluding hydrogens is 264 g/mol. The molecule has 0 bridgehead atoms. The van der Waals surface area contributed by atoms with Gasteiger partial charge in [-0.25, -0.2) is 9.59 Å². The lowest BCUT2D eigenvalue weighted by Crippen LogP contribution is -2.44. The highest BCUT2D eigenvalue weighted by Crippen LogP contribution is 2.19. The Kier molecular flexibility index (Phi) is 5.18. The van der Waals surface area contributed by atoms with Gasteiger partial charge in [0.2, 0.25) is 0 Å². The second-order valence-electron chi connectivity index (χ2n) is 5.61. The molecular formula is C12H22N4O4. The Morgan fingerprint density at radius 2 is 2.05 bits per heavy atom. The summed E-state index contributed by atoms with van der Waals surface area (Å²) in [4.78, 5) is 35.1. The summed E-state index contributed by atoms with van der Waals surface area (Å²) in [6.45, 7) is 4.48. The maximum Gasteiger partial charge on any atom is 0.317 e. The van der Waals surface area contributed by atoms with E-state index in [0.717, 1.165) is 0 Å². The van der Waals surface area contributed by atoms with Crippen LogP contribution in [0.1, 0.15) is 26.7 Å². The maximum absolute atomic E-state index is 11.9. The van der Waals surface area contributed by atoms with Gasteiger partial charge in [0.05, 0.1) is 5.41 Å². The normalized spacial score (nSPS) is 18.7. The van der Waals surface area contributed by atoms with Gasteiger partial charge in [-0.2, -0.15) is 0 Å². The molecule has 0 spiro atoms. The summed E-state index contributed by atoms with van der Waals surface area (Å²) in [7, 11) is 0. The average molecular weight is 286 g/mol. The molecule has 1 saturated heterocycles. The highest BCUT2D eigenvalue weighted by molar-refractivity contribution is 5.76. The van der Waals surface area contributed by atoms with E-state index in [9.17, 15) is 14.4 Å². The molecule has 1 fully saturated rings. The summed E-state index contributed by atoms with van der Waals surface area (Å²) in [5.74, 6) is -0.890. The second kappa shape index (κ2) is 6.44. The first-order chi connectivity index (χ1) is 9.22. The molecule has 20 heavy (non-hydrogen) atoms. The lowest BCUT2D eigenvalue weighted by molar-refractivity contribution is -0.147. The van der Waals surface area contributed by atoms with Gasteiger partial charge in [-0.15, -0.1) is 0 Å². The number of hydrogen-bond acceptors (Lipinski definition) is 3. The molecule has 8 nitrogen and oxygen atoms in total. The Morgan fingerprint density at radius 1 is 1.40 bits per heavy atom. The molecule has 0 aromatic rings. The standard InChI is InChI=1S/C12H22N4O4/c1-12(2,9(17)18)4-5-14-11(20)16-6-3-8(7-16)15-10(13)19/h8H,3-7H2,1-2H3,(H,14,20)(H,17,18)(H3,13,15,19). The predicted molar refractivity (Wildman–Crippen MR) is 72.1 cm³/mol. The smallest absolute Gasteiger partial charge is 0.317 e. The van der Waals surface area contributed by atoms with Gasteiger partial charge < -0.3 is 26.4 Å². The number of rotatable bonds is 5. The van der Waals surface area contributed by atoms with E-state index < -0.39 is 17.4 Å². The number of carboxylic acid groups (broad SMARTS) is 1. The van der Waals surface area contributed by atoms with Crippen LogP contribution < -0.4 is 16.4 Å².